The van der Waals surface area contributed by atoms with Crippen LogP contribution in [0, 0.1) is 5.82 Å². The van der Waals surface area contributed by atoms with Crippen LogP contribution in [0.2, 0.25) is 0 Å². The van der Waals surface area contributed by atoms with Crippen molar-refractivity contribution in [1.29, 1.82) is 0 Å². The third kappa shape index (κ3) is 4.13. The molecular weight excluding hydrogens is 323 g/mol. The molecule has 2 heteroatoms. The van der Waals surface area contributed by atoms with Gasteiger partial charge in [0.1, 0.15) is 18.2 Å². The van der Waals surface area contributed by atoms with Crippen LogP contribution in [-0.2, 0) is 6.42 Å². The van der Waals surface area contributed by atoms with Crippen molar-refractivity contribution in [2.75, 3.05) is 6.61 Å². The van der Waals surface area contributed by atoms with Crippen LogP contribution < -0.4 is 4.74 Å². The minimum absolute atomic E-state index is 0.0710. The number of ether oxygens (including phenoxy) is 1. The number of rotatable bonds is 8. The number of benzene rings is 3. The summed E-state index contributed by atoms with van der Waals surface area (Å²) in [6.45, 7) is 6.31. The molecule has 0 fully saturated rings. The summed E-state index contributed by atoms with van der Waals surface area (Å²) >= 11 is 0. The summed E-state index contributed by atoms with van der Waals surface area (Å²) in [6, 6.07) is 17.8. The molecule has 26 heavy (non-hydrogen) atoms. The van der Waals surface area contributed by atoms with Gasteiger partial charge in [-0.25, -0.2) is 4.39 Å². The molecule has 0 heterocycles. The zero-order valence-electron chi connectivity index (χ0n) is 15.3. The van der Waals surface area contributed by atoms with Crippen LogP contribution in [0.15, 0.2) is 67.3 Å². The van der Waals surface area contributed by atoms with Crippen LogP contribution in [0.1, 0.15) is 31.7 Å². The van der Waals surface area contributed by atoms with Crippen LogP contribution in [0.4, 0.5) is 4.39 Å². The van der Waals surface area contributed by atoms with E-state index >= 15 is 0 Å². The second-order valence-electron chi connectivity index (χ2n) is 6.56. The smallest absolute Gasteiger partial charge is 0.134 e. The number of hydrogen-bond donors (Lipinski definition) is 0. The number of hydrogen-bond acceptors (Lipinski definition) is 1. The third-order valence-electron chi connectivity index (χ3n) is 4.64. The van der Waals surface area contributed by atoms with Gasteiger partial charge in [0.2, 0.25) is 0 Å². The van der Waals surface area contributed by atoms with E-state index in [-0.39, 0.29) is 5.82 Å². The highest BCUT2D eigenvalue weighted by molar-refractivity contribution is 5.88. The Kier molecular flexibility index (Phi) is 6.06. The van der Waals surface area contributed by atoms with Crippen molar-refractivity contribution in [3.8, 4) is 16.9 Å². The Morgan fingerprint density at radius 1 is 0.962 bits per heavy atom. The van der Waals surface area contributed by atoms with E-state index in [9.17, 15) is 4.39 Å². The first-order chi connectivity index (χ1) is 12.7. The van der Waals surface area contributed by atoms with Gasteiger partial charge in [0.05, 0.1) is 0 Å². The van der Waals surface area contributed by atoms with Gasteiger partial charge >= 0.3 is 0 Å². The van der Waals surface area contributed by atoms with Crippen LogP contribution in [0.25, 0.3) is 21.9 Å². The fraction of sp³-hybridized carbons (Fsp3) is 0.250. The summed E-state index contributed by atoms with van der Waals surface area (Å²) in [5.41, 5.74) is 2.98. The molecule has 0 saturated carbocycles. The molecule has 0 unspecified atom stereocenters. The summed E-state index contributed by atoms with van der Waals surface area (Å²) in [4.78, 5) is 0. The average molecular weight is 348 g/mol. The SMILES string of the molecule is C=CCOc1ccc(-c2ccc3c(F)c(CCCCC)ccc3c2)cc1. The second-order valence-corrected chi connectivity index (χ2v) is 6.56. The molecular formula is C24H25FO. The van der Waals surface area contributed by atoms with Crippen LogP contribution in [0.3, 0.4) is 0 Å². The molecule has 0 amide bonds. The predicted molar refractivity (Wildman–Crippen MR) is 108 cm³/mol. The van der Waals surface area contributed by atoms with Gasteiger partial charge in [-0.2, -0.15) is 0 Å². The lowest BCUT2D eigenvalue weighted by atomic mass is 9.97. The molecule has 0 aliphatic rings. The summed E-state index contributed by atoms with van der Waals surface area (Å²) in [5, 5.41) is 1.64. The first-order valence-electron chi connectivity index (χ1n) is 9.28. The minimum Gasteiger partial charge on any atom is -0.490 e. The van der Waals surface area contributed by atoms with E-state index in [1.807, 2.05) is 54.6 Å². The van der Waals surface area contributed by atoms with Crippen molar-refractivity contribution in [2.45, 2.75) is 32.6 Å². The first-order valence-corrected chi connectivity index (χ1v) is 9.28. The zero-order valence-corrected chi connectivity index (χ0v) is 15.3. The van der Waals surface area contributed by atoms with E-state index in [4.69, 9.17) is 4.74 Å². The first kappa shape index (κ1) is 18.2. The molecule has 3 rings (SSSR count). The van der Waals surface area contributed by atoms with Gasteiger partial charge in [-0.3, -0.25) is 0 Å². The molecule has 3 aromatic carbocycles. The van der Waals surface area contributed by atoms with Gasteiger partial charge in [-0.1, -0.05) is 68.8 Å². The Balaban J connectivity index is 1.85. The number of halogens is 1. The van der Waals surface area contributed by atoms with Gasteiger partial charge in [0, 0.05) is 5.39 Å². The predicted octanol–water partition coefficient (Wildman–Crippen LogP) is 6.94. The average Bonchev–Trinajstić information content (AvgIpc) is 2.68. The van der Waals surface area contributed by atoms with E-state index in [1.165, 1.54) is 0 Å². The van der Waals surface area contributed by atoms with Crippen molar-refractivity contribution >= 4 is 10.8 Å². The maximum absolute atomic E-state index is 14.8. The molecule has 0 bridgehead atoms. The Hall–Kier alpha value is -2.61. The lowest BCUT2D eigenvalue weighted by Crippen LogP contribution is -1.93. The van der Waals surface area contributed by atoms with E-state index in [0.717, 1.165) is 53.5 Å². The van der Waals surface area contributed by atoms with Crippen molar-refractivity contribution in [3.05, 3.63) is 78.6 Å². The molecule has 0 saturated heterocycles. The molecule has 3 aromatic rings. The Bertz CT molecular complexity index is 881. The Morgan fingerprint density at radius 2 is 1.73 bits per heavy atom. The monoisotopic (exact) mass is 348 g/mol. The third-order valence-corrected chi connectivity index (χ3v) is 4.64. The van der Waals surface area contributed by atoms with Crippen molar-refractivity contribution in [1.82, 2.24) is 0 Å². The second kappa shape index (κ2) is 8.66. The molecule has 0 aliphatic heterocycles. The molecule has 0 spiro atoms. The highest BCUT2D eigenvalue weighted by Crippen LogP contribution is 2.29. The van der Waals surface area contributed by atoms with E-state index in [1.54, 1.807) is 6.08 Å². The van der Waals surface area contributed by atoms with Crippen molar-refractivity contribution < 1.29 is 9.13 Å². The lowest BCUT2D eigenvalue weighted by molar-refractivity contribution is 0.363. The Morgan fingerprint density at radius 3 is 2.46 bits per heavy atom. The van der Waals surface area contributed by atoms with E-state index < -0.39 is 0 Å². The summed E-state index contributed by atoms with van der Waals surface area (Å²) < 4.78 is 20.3. The number of aryl methyl sites for hydroxylation is 1. The van der Waals surface area contributed by atoms with Gasteiger partial charge in [-0.15, -0.1) is 0 Å². The molecule has 1 nitrogen and oxygen atoms in total. The highest BCUT2D eigenvalue weighted by atomic mass is 19.1. The van der Waals surface area contributed by atoms with Gasteiger partial charge < -0.3 is 4.74 Å². The summed E-state index contributed by atoms with van der Waals surface area (Å²) in [7, 11) is 0. The number of fused-ring (bicyclic) bond motifs is 1. The molecule has 134 valence electrons. The van der Waals surface area contributed by atoms with Gasteiger partial charge in [-0.05, 0) is 53.1 Å². The Labute approximate surface area is 155 Å². The van der Waals surface area contributed by atoms with Gasteiger partial charge in [0.15, 0.2) is 0 Å². The highest BCUT2D eigenvalue weighted by Gasteiger charge is 2.08. The van der Waals surface area contributed by atoms with Crippen molar-refractivity contribution in [3.63, 3.8) is 0 Å². The summed E-state index contributed by atoms with van der Waals surface area (Å²) in [6.07, 6.45) is 5.86. The molecule has 0 radical (unpaired) electrons. The fourth-order valence-electron chi connectivity index (χ4n) is 3.17. The summed E-state index contributed by atoms with van der Waals surface area (Å²) in [5.74, 6) is 0.746. The molecule has 0 atom stereocenters. The standard InChI is InChI=1S/C24H25FO/c1-3-5-6-7-19-8-9-21-17-20(12-15-23(21)24(19)25)18-10-13-22(14-11-18)26-16-4-2/h4,8-15,17H,2-3,5-7,16H2,1H3. The largest absolute Gasteiger partial charge is 0.490 e. The maximum atomic E-state index is 14.8. The normalized spacial score (nSPS) is 10.8. The van der Waals surface area contributed by atoms with E-state index in [0.29, 0.717) is 12.0 Å². The molecule has 0 N–H and O–H groups in total. The maximum Gasteiger partial charge on any atom is 0.134 e. The topological polar surface area (TPSA) is 9.23 Å². The minimum atomic E-state index is -0.0710. The fourth-order valence-corrected chi connectivity index (χ4v) is 3.17. The van der Waals surface area contributed by atoms with Crippen molar-refractivity contribution in [2.24, 2.45) is 0 Å². The molecule has 0 aromatic heterocycles. The number of unbranched alkanes of at least 4 members (excludes halogenated alkanes) is 2. The zero-order chi connectivity index (χ0) is 18.4. The van der Waals surface area contributed by atoms with Gasteiger partial charge in [0.25, 0.3) is 0 Å². The lowest BCUT2D eigenvalue weighted by Gasteiger charge is -2.09. The van der Waals surface area contributed by atoms with Crippen LogP contribution in [0.5, 0.6) is 5.75 Å². The van der Waals surface area contributed by atoms with E-state index in [2.05, 4.69) is 13.5 Å². The quantitative estimate of drug-likeness (QED) is 0.316. The van der Waals surface area contributed by atoms with Crippen LogP contribution in [-0.4, -0.2) is 6.61 Å². The molecule has 0 aliphatic carbocycles. The van der Waals surface area contributed by atoms with Crippen LogP contribution >= 0.6 is 0 Å².